The average molecular weight is 968 g/mol. The second-order valence-electron chi connectivity index (χ2n) is 14.1. The Bertz CT molecular complexity index is 3790. The number of carbonyl (C=O) groups excluding carboxylic acids is 1. The van der Waals surface area contributed by atoms with Crippen LogP contribution in [-0.4, -0.2) is 63.4 Å². The van der Waals surface area contributed by atoms with Gasteiger partial charge in [-0.1, -0.05) is 48.5 Å². The van der Waals surface area contributed by atoms with Gasteiger partial charge >= 0.3 is 0 Å². The van der Waals surface area contributed by atoms with Gasteiger partial charge in [0.1, 0.15) is 15.5 Å². The smallest absolute Gasteiger partial charge is 0.296 e. The van der Waals surface area contributed by atoms with E-state index in [1.165, 1.54) is 36.4 Å². The van der Waals surface area contributed by atoms with E-state index in [2.05, 4.69) is 36.3 Å². The Morgan fingerprint density at radius 2 is 1.02 bits per heavy atom. The number of allylic oxidation sites excluding steroid dienone is 1. The zero-order chi connectivity index (χ0) is 47.2. The maximum Gasteiger partial charge on any atom is 0.296 e. The van der Waals surface area contributed by atoms with Crippen molar-refractivity contribution >= 4 is 119 Å². The minimum absolute atomic E-state index is 0.0303. The number of ketones is 1. The van der Waals surface area contributed by atoms with E-state index in [1.54, 1.807) is 36.4 Å². The fraction of sp³-hybridized carbons (Fsp3) is 0. The van der Waals surface area contributed by atoms with E-state index in [1.807, 2.05) is 30.3 Å². The number of nitrogens with one attached hydrogen (secondary N) is 2. The van der Waals surface area contributed by atoms with Crippen molar-refractivity contribution in [2.45, 2.75) is 14.7 Å². The number of azo groups is 2. The van der Waals surface area contributed by atoms with Gasteiger partial charge in [-0.2, -0.15) is 38.8 Å². The topological polar surface area (TPSA) is 320 Å². The Hall–Kier alpha value is -7.42. The minimum atomic E-state index is -4.97. The second kappa shape index (κ2) is 17.2. The monoisotopic (exact) mass is 967 g/mol. The molecule has 0 unspecified atom stereocenters. The fourth-order valence-corrected chi connectivity index (χ4v) is 9.06. The third-order valence-corrected chi connectivity index (χ3v) is 13.3. The Morgan fingerprint density at radius 3 is 1.65 bits per heavy atom. The summed E-state index contributed by atoms with van der Waals surface area (Å²) in [5.74, 6) is -0.778. The number of fused-ring (bicyclic) bond motifs is 3. The second-order valence-corrected chi connectivity index (χ2v) is 19.7. The number of para-hydroxylation sites is 1. The maximum absolute atomic E-state index is 13.7. The molecule has 24 heteroatoms. The van der Waals surface area contributed by atoms with E-state index in [0.29, 0.717) is 28.6 Å². The Morgan fingerprint density at radius 1 is 0.455 bits per heavy atom. The summed E-state index contributed by atoms with van der Waals surface area (Å²) in [5.41, 5.74) is 3.66. The Balaban J connectivity index is 1.14. The molecule has 0 aliphatic heterocycles. The first-order chi connectivity index (χ1) is 31.1. The highest BCUT2D eigenvalue weighted by molar-refractivity contribution is 7.91. The molecule has 6 N–H and O–H groups in total. The molecule has 20 nitrogen and oxygen atoms in total. The summed E-state index contributed by atoms with van der Waals surface area (Å²) in [6, 6.07) is 31.6. The van der Waals surface area contributed by atoms with Crippen LogP contribution in [0.25, 0.3) is 27.6 Å². The van der Waals surface area contributed by atoms with Crippen LogP contribution < -0.4 is 10.7 Å². The van der Waals surface area contributed by atoms with E-state index in [9.17, 15) is 56.7 Å². The quantitative estimate of drug-likeness (QED) is 0.0377. The number of hydrogen-bond donors (Lipinski definition) is 6. The highest BCUT2D eigenvalue weighted by Crippen LogP contribution is 2.39. The van der Waals surface area contributed by atoms with Crippen LogP contribution in [0.15, 0.2) is 179 Å². The lowest BCUT2D eigenvalue weighted by atomic mass is 9.94. The van der Waals surface area contributed by atoms with Crippen LogP contribution >= 0.6 is 0 Å². The van der Waals surface area contributed by atoms with Crippen molar-refractivity contribution in [1.29, 1.82) is 0 Å². The molecule has 7 aromatic carbocycles. The fourth-order valence-electron chi connectivity index (χ4n) is 6.79. The van der Waals surface area contributed by atoms with Crippen molar-refractivity contribution in [3.63, 3.8) is 0 Å². The summed E-state index contributed by atoms with van der Waals surface area (Å²) in [6.45, 7) is 0. The molecule has 0 saturated heterocycles. The normalized spacial score (nSPS) is 14.3. The van der Waals surface area contributed by atoms with Crippen LogP contribution in [0, 0.1) is 0 Å². The predicted octanol–water partition coefficient (Wildman–Crippen LogP) is 9.20. The van der Waals surface area contributed by atoms with Crippen molar-refractivity contribution < 1.29 is 56.7 Å². The number of Topliss-reactive ketones (excluding diaryl/α,β-unsaturated/α-hetero) is 1. The van der Waals surface area contributed by atoms with E-state index >= 15 is 0 Å². The van der Waals surface area contributed by atoms with Crippen LogP contribution in [0.4, 0.5) is 39.8 Å². The van der Waals surface area contributed by atoms with Gasteiger partial charge in [0, 0.05) is 38.5 Å². The highest BCUT2D eigenvalue weighted by Gasteiger charge is 2.33. The number of rotatable bonds is 12. The van der Waals surface area contributed by atoms with E-state index in [4.69, 9.17) is 0 Å². The highest BCUT2D eigenvalue weighted by atomic mass is 32.2. The molecule has 0 heterocycles. The van der Waals surface area contributed by atoms with Crippen molar-refractivity contribution in [2.75, 3.05) is 10.7 Å². The molecule has 0 radical (unpaired) electrons. The molecule has 8 rings (SSSR count). The number of anilines is 3. The predicted molar refractivity (Wildman–Crippen MR) is 243 cm³/mol. The molecular weight excluding hydrogens is 939 g/mol. The van der Waals surface area contributed by atoms with E-state index in [-0.39, 0.29) is 44.6 Å². The van der Waals surface area contributed by atoms with Gasteiger partial charge in [-0.3, -0.25) is 28.4 Å². The summed E-state index contributed by atoms with van der Waals surface area (Å²) in [6.07, 6.45) is 1.15. The summed E-state index contributed by atoms with van der Waals surface area (Å²) in [4.78, 5) is 10.9. The Labute approximate surface area is 374 Å². The molecular formula is C42H29N7O13S4. The number of carbonyl (C=O) groups is 1. The van der Waals surface area contributed by atoms with Crippen LogP contribution in [0.1, 0.15) is 15.9 Å². The molecule has 0 bridgehead atoms. The number of hydrazone groups is 1. The van der Waals surface area contributed by atoms with Gasteiger partial charge in [-0.25, -0.2) is 0 Å². The molecule has 66 heavy (non-hydrogen) atoms. The molecule has 0 aromatic heterocycles. The zero-order valence-corrected chi connectivity index (χ0v) is 36.4. The molecule has 0 amide bonds. The zero-order valence-electron chi connectivity index (χ0n) is 33.1. The van der Waals surface area contributed by atoms with Gasteiger partial charge in [0.25, 0.3) is 40.5 Å². The van der Waals surface area contributed by atoms with Gasteiger partial charge in [-0.05, 0) is 96.6 Å². The van der Waals surface area contributed by atoms with Crippen molar-refractivity contribution in [3.8, 4) is 0 Å². The Kier molecular flexibility index (Phi) is 11.8. The first kappa shape index (κ1) is 45.2. The van der Waals surface area contributed by atoms with Crippen LogP contribution in [0.2, 0.25) is 0 Å². The van der Waals surface area contributed by atoms with Gasteiger partial charge in [0.05, 0.1) is 32.5 Å². The SMILES string of the molecule is O=C1/C(=N\Nc2ccc(N=Nc3ccc(N=Nc4cc(S(=O)(=O)O)ccc4S(=O)(=O)O)c4ccc(S(=O)(=O)O)cc34)c3ccccc23)C(S(=O)(=O)O)=Cc2cc(Nc3ccccc3)ccc21. The average Bonchev–Trinajstić information content (AvgIpc) is 3.26. The molecule has 0 fully saturated rings. The van der Waals surface area contributed by atoms with Gasteiger partial charge < -0.3 is 5.32 Å². The molecule has 1 aliphatic carbocycles. The third-order valence-electron chi connectivity index (χ3n) is 9.84. The van der Waals surface area contributed by atoms with Crippen molar-refractivity contribution in [2.24, 2.45) is 25.6 Å². The first-order valence-electron chi connectivity index (χ1n) is 18.7. The van der Waals surface area contributed by atoms with Crippen LogP contribution in [0.3, 0.4) is 0 Å². The summed E-state index contributed by atoms with van der Waals surface area (Å²) in [5, 5.41) is 25.0. The lowest BCUT2D eigenvalue weighted by molar-refractivity contribution is 0.106. The van der Waals surface area contributed by atoms with Crippen molar-refractivity contribution in [1.82, 2.24) is 0 Å². The maximum atomic E-state index is 13.7. The molecule has 7 aromatic rings. The van der Waals surface area contributed by atoms with Crippen LogP contribution in [0.5, 0.6) is 0 Å². The third kappa shape index (κ3) is 9.51. The molecule has 0 atom stereocenters. The van der Waals surface area contributed by atoms with Crippen molar-refractivity contribution in [3.05, 3.63) is 149 Å². The molecule has 334 valence electrons. The van der Waals surface area contributed by atoms with Crippen LogP contribution in [-0.2, 0) is 40.5 Å². The van der Waals surface area contributed by atoms with E-state index in [0.717, 1.165) is 30.0 Å². The number of nitrogens with zero attached hydrogens (tertiary/aromatic N) is 5. The lowest BCUT2D eigenvalue weighted by Crippen LogP contribution is -2.27. The summed E-state index contributed by atoms with van der Waals surface area (Å²) in [7, 11) is -19.6. The summed E-state index contributed by atoms with van der Waals surface area (Å²) < 4.78 is 136. The molecule has 0 spiro atoms. The van der Waals surface area contributed by atoms with Gasteiger partial charge in [0.2, 0.25) is 5.78 Å². The molecule has 1 aliphatic rings. The minimum Gasteiger partial charge on any atom is -0.356 e. The largest absolute Gasteiger partial charge is 0.356 e. The van der Waals surface area contributed by atoms with Gasteiger partial charge in [0.15, 0.2) is 5.71 Å². The lowest BCUT2D eigenvalue weighted by Gasteiger charge is -2.18. The first-order valence-corrected chi connectivity index (χ1v) is 24.4. The standard InChI is InChI=1S/C42H29N7O13S4/c50-42-29-13-10-26(43-25-6-2-1-3-7-25)20-24(29)21-40(66(60,61)62)41(42)49-47-35-16-15-34(30-8-4-5-9-31(30)35)44-46-37-18-17-36(32-14-11-27(22-33(32)37)63(51,52)53)45-48-38-23-28(64(54,55)56)12-19-39(38)65(57,58)59/h1-23,43,47H,(H,51,52,53)(H,54,55,56)(H,57,58,59)(H,60,61,62)/b46-44?,48-45?,49-41-. The van der Waals surface area contributed by atoms with Gasteiger partial charge in [-0.15, -0.1) is 20.5 Å². The number of hydrogen-bond acceptors (Lipinski definition) is 16. The summed E-state index contributed by atoms with van der Waals surface area (Å²) >= 11 is 0. The van der Waals surface area contributed by atoms with E-state index < -0.39 is 77.2 Å². The molecule has 0 saturated carbocycles. The number of benzene rings is 7.